The van der Waals surface area contributed by atoms with Gasteiger partial charge in [-0.2, -0.15) is 0 Å². The number of nitrogens with zero attached hydrogens (tertiary/aromatic N) is 1. The van der Waals surface area contributed by atoms with E-state index in [1.165, 1.54) is 17.6 Å². The predicted octanol–water partition coefficient (Wildman–Crippen LogP) is 3.24. The number of benzene rings is 1. The molecule has 5 nitrogen and oxygen atoms in total. The minimum atomic E-state index is -0.135. The van der Waals surface area contributed by atoms with Crippen LogP contribution in [0.1, 0.15) is 33.6 Å². The minimum absolute atomic E-state index is 0.135. The van der Waals surface area contributed by atoms with Crippen LogP contribution in [0.25, 0.3) is 10.4 Å². The molecule has 1 aromatic heterocycles. The zero-order valence-electron chi connectivity index (χ0n) is 13.9. The van der Waals surface area contributed by atoms with Gasteiger partial charge in [0.15, 0.2) is 17.8 Å². The van der Waals surface area contributed by atoms with E-state index in [0.29, 0.717) is 12.8 Å². The van der Waals surface area contributed by atoms with Gasteiger partial charge in [0.1, 0.15) is 0 Å². The highest BCUT2D eigenvalue weighted by atomic mass is 32.1. The van der Waals surface area contributed by atoms with Gasteiger partial charge < -0.3 is 14.7 Å². The number of hydrogen-bond donors (Lipinski definition) is 1. The standard InChI is InChI=1S/C19H19NO4S/c1-24-15-7-12(6-14(10-21)18(15)22)17-8-13-9-20(5-4-16(13)25-17)19(23)11-2-3-11/h6-8,10-11,22H,2-5,9H2,1H3. The summed E-state index contributed by atoms with van der Waals surface area (Å²) in [4.78, 5) is 27.8. The fourth-order valence-corrected chi connectivity index (χ4v) is 4.42. The fraction of sp³-hybridized carbons (Fsp3) is 0.368. The van der Waals surface area contributed by atoms with E-state index in [1.807, 2.05) is 4.90 Å². The molecular formula is C19H19NO4S. The summed E-state index contributed by atoms with van der Waals surface area (Å²) in [5.41, 5.74) is 2.24. The Morgan fingerprint density at radius 2 is 2.16 bits per heavy atom. The Labute approximate surface area is 149 Å². The van der Waals surface area contributed by atoms with Crippen LogP contribution in [0.5, 0.6) is 11.5 Å². The maximum atomic E-state index is 12.3. The Kier molecular flexibility index (Phi) is 4.00. The van der Waals surface area contributed by atoms with Crippen LogP contribution in [-0.4, -0.2) is 35.9 Å². The zero-order chi connectivity index (χ0) is 17.6. The van der Waals surface area contributed by atoms with Gasteiger partial charge in [-0.3, -0.25) is 9.59 Å². The van der Waals surface area contributed by atoms with Crippen LogP contribution in [0.4, 0.5) is 0 Å². The highest BCUT2D eigenvalue weighted by Crippen LogP contribution is 2.40. The van der Waals surface area contributed by atoms with Crippen molar-refractivity contribution < 1.29 is 19.4 Å². The number of aldehydes is 1. The third kappa shape index (κ3) is 2.91. The van der Waals surface area contributed by atoms with Crippen molar-refractivity contribution in [2.24, 2.45) is 5.92 Å². The quantitative estimate of drug-likeness (QED) is 0.853. The van der Waals surface area contributed by atoms with Gasteiger partial charge in [-0.15, -0.1) is 11.3 Å². The number of rotatable bonds is 4. The Bertz CT molecular complexity index is 853. The number of amides is 1. The van der Waals surface area contributed by atoms with Crippen LogP contribution in [0.3, 0.4) is 0 Å². The van der Waals surface area contributed by atoms with Gasteiger partial charge in [-0.05, 0) is 48.6 Å². The molecule has 0 unspecified atom stereocenters. The molecule has 25 heavy (non-hydrogen) atoms. The second kappa shape index (κ2) is 6.19. The van der Waals surface area contributed by atoms with E-state index in [1.54, 1.807) is 23.5 Å². The maximum absolute atomic E-state index is 12.3. The average Bonchev–Trinajstić information content (AvgIpc) is 3.39. The molecule has 0 bridgehead atoms. The minimum Gasteiger partial charge on any atom is -0.504 e. The number of carbonyl (C=O) groups is 2. The molecule has 1 aliphatic heterocycles. The molecule has 4 rings (SSSR count). The lowest BCUT2D eigenvalue weighted by molar-refractivity contribution is -0.133. The molecule has 1 fully saturated rings. The van der Waals surface area contributed by atoms with Crippen LogP contribution < -0.4 is 4.74 Å². The van der Waals surface area contributed by atoms with Crippen LogP contribution in [0.2, 0.25) is 0 Å². The highest BCUT2D eigenvalue weighted by molar-refractivity contribution is 7.15. The van der Waals surface area contributed by atoms with Gasteiger partial charge in [0.05, 0.1) is 12.7 Å². The second-order valence-corrected chi connectivity index (χ2v) is 7.71. The van der Waals surface area contributed by atoms with Gasteiger partial charge in [-0.1, -0.05) is 0 Å². The lowest BCUT2D eigenvalue weighted by atomic mass is 10.0. The van der Waals surface area contributed by atoms with Crippen molar-refractivity contribution in [3.63, 3.8) is 0 Å². The summed E-state index contributed by atoms with van der Waals surface area (Å²) in [5, 5.41) is 9.98. The van der Waals surface area contributed by atoms with E-state index in [4.69, 9.17) is 4.74 Å². The molecule has 1 aromatic carbocycles. The molecule has 6 heteroatoms. The van der Waals surface area contributed by atoms with E-state index in [-0.39, 0.29) is 28.9 Å². The van der Waals surface area contributed by atoms with Gasteiger partial charge in [0, 0.05) is 28.8 Å². The van der Waals surface area contributed by atoms with Gasteiger partial charge in [-0.25, -0.2) is 0 Å². The monoisotopic (exact) mass is 357 g/mol. The molecule has 0 saturated heterocycles. The third-order valence-electron chi connectivity index (χ3n) is 4.84. The molecule has 2 aromatic rings. The summed E-state index contributed by atoms with van der Waals surface area (Å²) in [6.07, 6.45) is 3.55. The van der Waals surface area contributed by atoms with Gasteiger partial charge in [0.25, 0.3) is 0 Å². The number of phenolic OH excluding ortho intramolecular Hbond substituents is 1. The Morgan fingerprint density at radius 3 is 2.84 bits per heavy atom. The molecule has 0 spiro atoms. The van der Waals surface area contributed by atoms with E-state index < -0.39 is 0 Å². The number of thiophene rings is 1. The van der Waals surface area contributed by atoms with Crippen molar-refractivity contribution >= 4 is 23.5 Å². The smallest absolute Gasteiger partial charge is 0.225 e. The number of methoxy groups -OCH3 is 1. The number of aromatic hydroxyl groups is 1. The molecule has 1 aliphatic carbocycles. The van der Waals surface area contributed by atoms with Crippen LogP contribution in [0, 0.1) is 5.92 Å². The van der Waals surface area contributed by atoms with Crippen LogP contribution >= 0.6 is 11.3 Å². The van der Waals surface area contributed by atoms with Gasteiger partial charge >= 0.3 is 0 Å². The second-order valence-electron chi connectivity index (χ2n) is 6.58. The molecule has 1 amide bonds. The largest absolute Gasteiger partial charge is 0.504 e. The molecule has 2 aliphatic rings. The highest BCUT2D eigenvalue weighted by Gasteiger charge is 2.35. The van der Waals surface area contributed by atoms with Crippen molar-refractivity contribution in [2.75, 3.05) is 13.7 Å². The summed E-state index contributed by atoms with van der Waals surface area (Å²) < 4.78 is 5.18. The Hall–Kier alpha value is -2.34. The molecule has 0 atom stereocenters. The lowest BCUT2D eigenvalue weighted by Gasteiger charge is -2.27. The van der Waals surface area contributed by atoms with Crippen molar-refractivity contribution in [2.45, 2.75) is 25.8 Å². The van der Waals surface area contributed by atoms with Crippen molar-refractivity contribution in [3.8, 4) is 21.9 Å². The first-order valence-corrected chi connectivity index (χ1v) is 9.19. The lowest BCUT2D eigenvalue weighted by Crippen LogP contribution is -2.36. The molecule has 130 valence electrons. The van der Waals surface area contributed by atoms with E-state index >= 15 is 0 Å². The van der Waals surface area contributed by atoms with Crippen molar-refractivity contribution in [1.82, 2.24) is 4.90 Å². The maximum Gasteiger partial charge on any atom is 0.225 e. The Morgan fingerprint density at radius 1 is 1.36 bits per heavy atom. The normalized spacial score (nSPS) is 16.4. The van der Waals surface area contributed by atoms with Crippen molar-refractivity contribution in [3.05, 3.63) is 34.2 Å². The molecule has 2 heterocycles. The summed E-state index contributed by atoms with van der Waals surface area (Å²) in [6, 6.07) is 5.51. The summed E-state index contributed by atoms with van der Waals surface area (Å²) in [7, 11) is 1.47. The third-order valence-corrected chi connectivity index (χ3v) is 6.13. The first-order valence-electron chi connectivity index (χ1n) is 8.37. The molecule has 1 saturated carbocycles. The zero-order valence-corrected chi connectivity index (χ0v) is 14.8. The summed E-state index contributed by atoms with van der Waals surface area (Å²) in [6.45, 7) is 1.44. The van der Waals surface area contributed by atoms with Gasteiger partial charge in [0.2, 0.25) is 5.91 Å². The number of phenols is 1. The summed E-state index contributed by atoms with van der Waals surface area (Å²) >= 11 is 1.68. The number of carbonyl (C=O) groups excluding carboxylic acids is 2. The van der Waals surface area contributed by atoms with E-state index in [2.05, 4.69) is 6.07 Å². The summed E-state index contributed by atoms with van der Waals surface area (Å²) in [5.74, 6) is 0.685. The first kappa shape index (κ1) is 16.1. The van der Waals surface area contributed by atoms with Crippen LogP contribution in [0.15, 0.2) is 18.2 Å². The van der Waals surface area contributed by atoms with E-state index in [9.17, 15) is 14.7 Å². The molecule has 0 radical (unpaired) electrons. The Balaban J connectivity index is 1.65. The number of fused-ring (bicyclic) bond motifs is 1. The average molecular weight is 357 g/mol. The first-order chi connectivity index (χ1) is 12.1. The topological polar surface area (TPSA) is 66.8 Å². The van der Waals surface area contributed by atoms with Crippen LogP contribution in [-0.2, 0) is 17.8 Å². The fourth-order valence-electron chi connectivity index (χ4n) is 3.27. The number of ether oxygens (including phenoxy) is 1. The predicted molar refractivity (Wildman–Crippen MR) is 95.2 cm³/mol. The molecular weight excluding hydrogens is 338 g/mol. The SMILES string of the molecule is COc1cc(-c2cc3c(s2)CCN(C(=O)C2CC2)C3)cc(C=O)c1O. The van der Waals surface area contributed by atoms with Crippen molar-refractivity contribution in [1.29, 1.82) is 0 Å². The molecule has 1 N–H and O–H groups in total. The van der Waals surface area contributed by atoms with E-state index in [0.717, 1.165) is 36.2 Å². The number of hydrogen-bond acceptors (Lipinski definition) is 5.